The number of nitrogens with one attached hydrogen (secondary N) is 1. The first kappa shape index (κ1) is 17.6. The summed E-state index contributed by atoms with van der Waals surface area (Å²) in [5.41, 5.74) is 1.58. The lowest BCUT2D eigenvalue weighted by atomic mass is 10.1. The Morgan fingerprint density at radius 1 is 1.15 bits per heavy atom. The third-order valence-electron chi connectivity index (χ3n) is 3.92. The minimum atomic E-state index is -0.893. The molecule has 0 saturated heterocycles. The summed E-state index contributed by atoms with van der Waals surface area (Å²) >= 11 is 0. The predicted molar refractivity (Wildman–Crippen MR) is 92.4 cm³/mol. The number of rotatable bonds is 7. The van der Waals surface area contributed by atoms with Gasteiger partial charge >= 0.3 is 5.97 Å². The van der Waals surface area contributed by atoms with Gasteiger partial charge in [-0.15, -0.1) is 0 Å². The number of hydrogen-bond acceptors (Lipinski definition) is 5. The molecule has 7 nitrogen and oxygen atoms in total. The van der Waals surface area contributed by atoms with E-state index in [-0.39, 0.29) is 31.8 Å². The van der Waals surface area contributed by atoms with Crippen LogP contribution in [-0.2, 0) is 16.0 Å². The Bertz CT molecular complexity index is 802. The minimum Gasteiger partial charge on any atom is -0.484 e. The van der Waals surface area contributed by atoms with E-state index in [1.807, 2.05) is 25.1 Å². The summed E-state index contributed by atoms with van der Waals surface area (Å²) in [7, 11) is 0. The minimum absolute atomic E-state index is 0.0478. The van der Waals surface area contributed by atoms with Crippen LogP contribution in [0, 0.1) is 0 Å². The van der Waals surface area contributed by atoms with Gasteiger partial charge in [0.25, 0.3) is 5.91 Å². The van der Waals surface area contributed by atoms with Gasteiger partial charge in [0, 0.05) is 0 Å². The Hall–Kier alpha value is -3.22. The van der Waals surface area contributed by atoms with E-state index in [0.29, 0.717) is 22.8 Å². The average Bonchev–Trinajstić information content (AvgIpc) is 3.08. The van der Waals surface area contributed by atoms with E-state index in [0.717, 1.165) is 5.56 Å². The van der Waals surface area contributed by atoms with Gasteiger partial charge in [0.2, 0.25) is 6.79 Å². The van der Waals surface area contributed by atoms with Gasteiger partial charge in [0.05, 0.1) is 12.5 Å². The molecule has 0 aliphatic carbocycles. The monoisotopic (exact) mass is 357 g/mol. The third kappa shape index (κ3) is 4.44. The van der Waals surface area contributed by atoms with Gasteiger partial charge in [0.15, 0.2) is 18.1 Å². The van der Waals surface area contributed by atoms with E-state index in [4.69, 9.17) is 19.3 Å². The molecule has 0 fully saturated rings. The van der Waals surface area contributed by atoms with Crippen molar-refractivity contribution in [2.24, 2.45) is 0 Å². The molecule has 0 unspecified atom stereocenters. The van der Waals surface area contributed by atoms with Crippen molar-refractivity contribution in [2.45, 2.75) is 19.4 Å². The second-order valence-electron chi connectivity index (χ2n) is 5.91. The van der Waals surface area contributed by atoms with Crippen LogP contribution in [0.5, 0.6) is 17.2 Å². The highest BCUT2D eigenvalue weighted by molar-refractivity contribution is 5.78. The van der Waals surface area contributed by atoms with E-state index in [1.165, 1.54) is 0 Å². The second-order valence-corrected chi connectivity index (χ2v) is 5.91. The van der Waals surface area contributed by atoms with Crippen molar-refractivity contribution in [1.82, 2.24) is 5.32 Å². The lowest BCUT2D eigenvalue weighted by Gasteiger charge is -2.15. The van der Waals surface area contributed by atoms with Crippen molar-refractivity contribution in [1.29, 1.82) is 0 Å². The Balaban J connectivity index is 1.50. The van der Waals surface area contributed by atoms with Crippen LogP contribution in [0.25, 0.3) is 0 Å². The number of carboxylic acids is 1. The summed E-state index contributed by atoms with van der Waals surface area (Å²) in [6.07, 6.45) is -0.0478. The van der Waals surface area contributed by atoms with Crippen LogP contribution in [0.2, 0.25) is 0 Å². The molecule has 2 aromatic carbocycles. The van der Waals surface area contributed by atoms with Crippen molar-refractivity contribution in [3.05, 3.63) is 53.6 Å². The first-order valence-electron chi connectivity index (χ1n) is 8.14. The highest BCUT2D eigenvalue weighted by Crippen LogP contribution is 2.34. The zero-order chi connectivity index (χ0) is 18.5. The van der Waals surface area contributed by atoms with Crippen LogP contribution >= 0.6 is 0 Å². The lowest BCUT2D eigenvalue weighted by Crippen LogP contribution is -2.31. The van der Waals surface area contributed by atoms with Crippen molar-refractivity contribution in [3.63, 3.8) is 0 Å². The van der Waals surface area contributed by atoms with E-state index in [9.17, 15) is 9.59 Å². The number of carbonyl (C=O) groups is 2. The molecule has 7 heteroatoms. The fraction of sp³-hybridized carbons (Fsp3) is 0.263. The predicted octanol–water partition coefficient (Wildman–Crippen LogP) is 2.30. The Kier molecular flexibility index (Phi) is 5.26. The molecular weight excluding hydrogens is 338 g/mol. The standard InChI is InChI=1S/C19H19NO6/c1-12(14-4-7-16-17(9-14)26-11-25-16)20-18(21)10-24-15-5-2-13(3-6-15)8-19(22)23/h2-7,9,12H,8,10-11H2,1H3,(H,20,21)(H,22,23)/t12-/m0/s1. The number of amides is 1. The number of ether oxygens (including phenoxy) is 3. The van der Waals surface area contributed by atoms with Gasteiger partial charge < -0.3 is 24.6 Å². The Labute approximate surface area is 150 Å². The number of carbonyl (C=O) groups excluding carboxylic acids is 1. The zero-order valence-corrected chi connectivity index (χ0v) is 14.2. The Morgan fingerprint density at radius 2 is 1.88 bits per heavy atom. The molecule has 3 rings (SSSR count). The van der Waals surface area contributed by atoms with E-state index in [1.54, 1.807) is 24.3 Å². The maximum absolute atomic E-state index is 12.1. The van der Waals surface area contributed by atoms with Crippen molar-refractivity contribution < 1.29 is 28.9 Å². The smallest absolute Gasteiger partial charge is 0.307 e. The highest BCUT2D eigenvalue weighted by Gasteiger charge is 2.17. The second kappa shape index (κ2) is 7.77. The molecule has 1 heterocycles. The fourth-order valence-corrected chi connectivity index (χ4v) is 2.58. The highest BCUT2D eigenvalue weighted by atomic mass is 16.7. The topological polar surface area (TPSA) is 94.1 Å². The molecule has 136 valence electrons. The molecule has 2 N–H and O–H groups in total. The summed E-state index contributed by atoms with van der Waals surface area (Å²) in [5.74, 6) is 0.716. The average molecular weight is 357 g/mol. The molecule has 1 amide bonds. The van der Waals surface area contributed by atoms with Gasteiger partial charge in [-0.25, -0.2) is 0 Å². The summed E-state index contributed by atoms with van der Waals surface area (Å²) in [6.45, 7) is 1.95. The number of carboxylic acid groups (broad SMARTS) is 1. The number of aliphatic carboxylic acids is 1. The molecule has 1 aliphatic rings. The third-order valence-corrected chi connectivity index (χ3v) is 3.92. The maximum atomic E-state index is 12.1. The summed E-state index contributed by atoms with van der Waals surface area (Å²) in [6, 6.07) is 11.9. The van der Waals surface area contributed by atoms with Crippen LogP contribution in [0.4, 0.5) is 0 Å². The SMILES string of the molecule is C[C@H](NC(=O)COc1ccc(CC(=O)O)cc1)c1ccc2c(c1)OCO2. The number of hydrogen-bond donors (Lipinski definition) is 2. The zero-order valence-electron chi connectivity index (χ0n) is 14.2. The molecular formula is C19H19NO6. The molecule has 1 atom stereocenters. The Morgan fingerprint density at radius 3 is 2.62 bits per heavy atom. The maximum Gasteiger partial charge on any atom is 0.307 e. The number of benzene rings is 2. The van der Waals surface area contributed by atoms with Crippen LogP contribution in [-0.4, -0.2) is 30.4 Å². The van der Waals surface area contributed by atoms with Crippen molar-refractivity contribution in [2.75, 3.05) is 13.4 Å². The molecule has 0 spiro atoms. The molecule has 2 aromatic rings. The van der Waals surface area contributed by atoms with Gasteiger partial charge in [-0.3, -0.25) is 9.59 Å². The van der Waals surface area contributed by atoms with Crippen LogP contribution in [0.3, 0.4) is 0 Å². The largest absolute Gasteiger partial charge is 0.484 e. The molecule has 0 aromatic heterocycles. The van der Waals surface area contributed by atoms with Crippen molar-refractivity contribution >= 4 is 11.9 Å². The summed E-state index contributed by atoms with van der Waals surface area (Å²) in [4.78, 5) is 22.7. The molecule has 26 heavy (non-hydrogen) atoms. The van der Waals surface area contributed by atoms with Gasteiger partial charge in [-0.2, -0.15) is 0 Å². The lowest BCUT2D eigenvalue weighted by molar-refractivity contribution is -0.136. The molecule has 0 radical (unpaired) electrons. The first-order chi connectivity index (χ1) is 12.5. The molecule has 0 bridgehead atoms. The van der Waals surface area contributed by atoms with Crippen LogP contribution < -0.4 is 19.5 Å². The molecule has 1 aliphatic heterocycles. The van der Waals surface area contributed by atoms with E-state index in [2.05, 4.69) is 5.32 Å². The van der Waals surface area contributed by atoms with E-state index >= 15 is 0 Å². The van der Waals surface area contributed by atoms with Crippen molar-refractivity contribution in [3.8, 4) is 17.2 Å². The normalized spacial score (nSPS) is 13.1. The van der Waals surface area contributed by atoms with Crippen LogP contribution in [0.1, 0.15) is 24.1 Å². The van der Waals surface area contributed by atoms with Gasteiger partial charge in [-0.05, 0) is 42.3 Å². The quantitative estimate of drug-likeness (QED) is 0.790. The van der Waals surface area contributed by atoms with E-state index < -0.39 is 5.97 Å². The van der Waals surface area contributed by atoms with Gasteiger partial charge in [0.1, 0.15) is 5.75 Å². The summed E-state index contributed by atoms with van der Waals surface area (Å²) in [5, 5.41) is 11.6. The number of fused-ring (bicyclic) bond motifs is 1. The first-order valence-corrected chi connectivity index (χ1v) is 8.14. The van der Waals surface area contributed by atoms with Crippen LogP contribution in [0.15, 0.2) is 42.5 Å². The van der Waals surface area contributed by atoms with Gasteiger partial charge in [-0.1, -0.05) is 18.2 Å². The fourth-order valence-electron chi connectivity index (χ4n) is 2.58. The molecule has 0 saturated carbocycles. The summed E-state index contributed by atoms with van der Waals surface area (Å²) < 4.78 is 16.0.